The summed E-state index contributed by atoms with van der Waals surface area (Å²) in [6.07, 6.45) is 1.58. The molecule has 0 saturated carbocycles. The molecule has 0 radical (unpaired) electrons. The molecule has 1 amide bonds. The standard InChI is InChI=1S/C11H13N3O2.CH4O4S/c1-16-10-7-9(12)11(15)13-14(10)8-5-3-2-4-6-8;1-5-6(2,3)4/h2-7,9H,12H2,1H3,(H,13,15);1H3,(H,2,3,4). The van der Waals surface area contributed by atoms with Crippen LogP contribution in [0.4, 0.5) is 5.69 Å². The lowest BCUT2D eigenvalue weighted by Gasteiger charge is -2.31. The second-order valence-electron chi connectivity index (χ2n) is 3.98. The Balaban J connectivity index is 0.000000346. The van der Waals surface area contributed by atoms with E-state index in [0.717, 1.165) is 12.8 Å². The number of nitrogens with zero attached hydrogens (tertiary/aromatic N) is 1. The number of hydrazine groups is 1. The molecular formula is C12H17N3O6S. The minimum Gasteiger partial charge on any atom is -0.481 e. The zero-order valence-corrected chi connectivity index (χ0v) is 12.8. The molecule has 0 spiro atoms. The minimum absolute atomic E-state index is 0.260. The lowest BCUT2D eigenvalue weighted by atomic mass is 10.2. The fourth-order valence-electron chi connectivity index (χ4n) is 1.47. The fraction of sp³-hybridized carbons (Fsp3) is 0.250. The third-order valence-electron chi connectivity index (χ3n) is 2.50. The number of anilines is 1. The quantitative estimate of drug-likeness (QED) is 0.648. The van der Waals surface area contributed by atoms with Gasteiger partial charge in [0.05, 0.1) is 19.9 Å². The monoisotopic (exact) mass is 331 g/mol. The first-order valence-corrected chi connectivity index (χ1v) is 7.35. The van der Waals surface area contributed by atoms with E-state index in [-0.39, 0.29) is 5.91 Å². The van der Waals surface area contributed by atoms with Gasteiger partial charge < -0.3 is 10.5 Å². The van der Waals surface area contributed by atoms with Crippen molar-refractivity contribution in [2.24, 2.45) is 5.73 Å². The van der Waals surface area contributed by atoms with Gasteiger partial charge in [0.25, 0.3) is 5.91 Å². The molecule has 1 atom stereocenters. The van der Waals surface area contributed by atoms with Crippen molar-refractivity contribution >= 4 is 22.0 Å². The molecule has 122 valence electrons. The summed E-state index contributed by atoms with van der Waals surface area (Å²) in [4.78, 5) is 11.5. The highest BCUT2D eigenvalue weighted by Crippen LogP contribution is 2.19. The van der Waals surface area contributed by atoms with Crippen LogP contribution in [0.3, 0.4) is 0 Å². The van der Waals surface area contributed by atoms with Crippen LogP contribution >= 0.6 is 0 Å². The van der Waals surface area contributed by atoms with E-state index in [1.165, 1.54) is 7.11 Å². The van der Waals surface area contributed by atoms with Gasteiger partial charge in [0.2, 0.25) is 5.88 Å². The van der Waals surface area contributed by atoms with Gasteiger partial charge in [-0.25, -0.2) is 5.01 Å². The Bertz CT molecular complexity index is 632. The number of amides is 1. The van der Waals surface area contributed by atoms with E-state index in [9.17, 15) is 13.2 Å². The summed E-state index contributed by atoms with van der Waals surface area (Å²) < 4.78 is 34.9. The summed E-state index contributed by atoms with van der Waals surface area (Å²) in [5, 5.41) is 1.56. The largest absolute Gasteiger partial charge is 0.481 e. The summed E-state index contributed by atoms with van der Waals surface area (Å²) in [5.74, 6) is 0.253. The molecule has 9 nitrogen and oxygen atoms in total. The van der Waals surface area contributed by atoms with Gasteiger partial charge in [-0.2, -0.15) is 8.42 Å². The van der Waals surface area contributed by atoms with E-state index in [4.69, 9.17) is 15.0 Å². The maximum absolute atomic E-state index is 11.5. The molecule has 0 fully saturated rings. The second-order valence-corrected chi connectivity index (χ2v) is 5.17. The Labute approximate surface area is 128 Å². The molecule has 1 aliphatic heterocycles. The van der Waals surface area contributed by atoms with Crippen molar-refractivity contribution in [2.45, 2.75) is 6.04 Å². The third kappa shape index (κ3) is 5.33. The highest BCUT2D eigenvalue weighted by Gasteiger charge is 2.25. The first-order chi connectivity index (χ1) is 10.3. The molecule has 1 heterocycles. The second kappa shape index (κ2) is 7.75. The third-order valence-corrected chi connectivity index (χ3v) is 2.92. The highest BCUT2D eigenvalue weighted by atomic mass is 32.3. The number of rotatable bonds is 3. The Hall–Kier alpha value is -2.14. The summed E-state index contributed by atoms with van der Waals surface area (Å²) in [5.41, 5.74) is 9.06. The van der Waals surface area contributed by atoms with Gasteiger partial charge in [0.15, 0.2) is 0 Å². The van der Waals surface area contributed by atoms with E-state index in [1.54, 1.807) is 11.1 Å². The van der Waals surface area contributed by atoms with E-state index in [1.807, 2.05) is 30.3 Å². The number of carbonyl (C=O) groups excluding carboxylic acids is 1. The van der Waals surface area contributed by atoms with Crippen molar-refractivity contribution in [1.82, 2.24) is 5.43 Å². The molecule has 1 unspecified atom stereocenters. The number of methoxy groups -OCH3 is 1. The van der Waals surface area contributed by atoms with Crippen LogP contribution in [0.1, 0.15) is 0 Å². The maximum Gasteiger partial charge on any atom is 0.397 e. The maximum atomic E-state index is 11.5. The highest BCUT2D eigenvalue weighted by molar-refractivity contribution is 7.80. The van der Waals surface area contributed by atoms with E-state index in [0.29, 0.717) is 5.88 Å². The lowest BCUT2D eigenvalue weighted by molar-refractivity contribution is -0.122. The summed E-state index contributed by atoms with van der Waals surface area (Å²) in [6.45, 7) is 0. The first-order valence-electron chi connectivity index (χ1n) is 5.98. The topological polar surface area (TPSA) is 131 Å². The van der Waals surface area contributed by atoms with Crippen LogP contribution in [-0.4, -0.2) is 39.1 Å². The molecular weight excluding hydrogens is 314 g/mol. The normalized spacial score (nSPS) is 17.8. The van der Waals surface area contributed by atoms with E-state index >= 15 is 0 Å². The van der Waals surface area contributed by atoms with Crippen LogP contribution in [0.5, 0.6) is 0 Å². The predicted molar refractivity (Wildman–Crippen MR) is 78.7 cm³/mol. The Kier molecular flexibility index (Phi) is 6.31. The zero-order valence-electron chi connectivity index (χ0n) is 12.0. The number of benzene rings is 1. The molecule has 0 aromatic heterocycles. The average molecular weight is 331 g/mol. The Morgan fingerprint density at radius 3 is 2.27 bits per heavy atom. The van der Waals surface area contributed by atoms with Crippen LogP contribution < -0.4 is 16.2 Å². The molecule has 1 aromatic rings. The molecule has 1 aliphatic rings. The molecule has 0 aliphatic carbocycles. The van der Waals surface area contributed by atoms with Crippen molar-refractivity contribution < 1.29 is 26.7 Å². The van der Waals surface area contributed by atoms with Crippen LogP contribution in [0.2, 0.25) is 0 Å². The molecule has 10 heteroatoms. The van der Waals surface area contributed by atoms with Crippen molar-refractivity contribution in [1.29, 1.82) is 0 Å². The average Bonchev–Trinajstić information content (AvgIpc) is 2.50. The van der Waals surface area contributed by atoms with Gasteiger partial charge in [-0.15, -0.1) is 0 Å². The SMILES string of the molecule is COC1=CC(N)C(=O)NN1c1ccccc1.COS(=O)(=O)O. The number of para-hydroxylation sites is 1. The van der Waals surface area contributed by atoms with Crippen LogP contribution in [0, 0.1) is 0 Å². The first kappa shape index (κ1) is 17.9. The molecule has 22 heavy (non-hydrogen) atoms. The minimum atomic E-state index is -4.16. The number of nitrogens with two attached hydrogens (primary N) is 1. The predicted octanol–water partition coefficient (Wildman–Crippen LogP) is -0.211. The van der Waals surface area contributed by atoms with E-state index in [2.05, 4.69) is 9.61 Å². The number of hydrogen-bond acceptors (Lipinski definition) is 7. The van der Waals surface area contributed by atoms with Crippen molar-refractivity contribution in [3.05, 3.63) is 42.3 Å². The number of nitrogens with one attached hydrogen (secondary N) is 1. The Morgan fingerprint density at radius 1 is 1.27 bits per heavy atom. The summed E-state index contributed by atoms with van der Waals surface area (Å²) in [7, 11) is -1.76. The van der Waals surface area contributed by atoms with Crippen LogP contribution in [0.15, 0.2) is 42.3 Å². The summed E-state index contributed by atoms with van der Waals surface area (Å²) >= 11 is 0. The van der Waals surface area contributed by atoms with Gasteiger partial charge in [-0.3, -0.25) is 19.0 Å². The van der Waals surface area contributed by atoms with Gasteiger partial charge in [0, 0.05) is 6.08 Å². The van der Waals surface area contributed by atoms with Gasteiger partial charge in [0.1, 0.15) is 6.04 Å². The zero-order chi connectivity index (χ0) is 16.8. The number of ether oxygens (including phenoxy) is 1. The molecule has 4 N–H and O–H groups in total. The molecule has 0 bridgehead atoms. The molecule has 1 aromatic carbocycles. The van der Waals surface area contributed by atoms with Crippen LogP contribution in [-0.2, 0) is 24.1 Å². The molecule has 0 saturated heterocycles. The van der Waals surface area contributed by atoms with Gasteiger partial charge in [-0.05, 0) is 12.1 Å². The molecule has 2 rings (SSSR count). The van der Waals surface area contributed by atoms with Gasteiger partial charge >= 0.3 is 10.4 Å². The smallest absolute Gasteiger partial charge is 0.397 e. The number of carbonyl (C=O) groups is 1. The van der Waals surface area contributed by atoms with Gasteiger partial charge in [-0.1, -0.05) is 18.2 Å². The number of hydrogen-bond donors (Lipinski definition) is 3. The summed E-state index contributed by atoms with van der Waals surface area (Å²) in [6, 6.07) is 8.72. The van der Waals surface area contributed by atoms with Crippen LogP contribution in [0.25, 0.3) is 0 Å². The van der Waals surface area contributed by atoms with E-state index < -0.39 is 16.4 Å². The van der Waals surface area contributed by atoms with Crippen molar-refractivity contribution in [3.8, 4) is 0 Å². The Morgan fingerprint density at radius 2 is 1.82 bits per heavy atom. The lowest BCUT2D eigenvalue weighted by Crippen LogP contribution is -2.53. The van der Waals surface area contributed by atoms with Crippen molar-refractivity contribution in [2.75, 3.05) is 19.2 Å². The van der Waals surface area contributed by atoms with Crippen molar-refractivity contribution in [3.63, 3.8) is 0 Å². The fourth-order valence-corrected chi connectivity index (χ4v) is 1.47.